The number of aryl methyl sites for hydroxylation is 1. The van der Waals surface area contributed by atoms with E-state index in [-0.39, 0.29) is 11.9 Å². The summed E-state index contributed by atoms with van der Waals surface area (Å²) in [6.07, 6.45) is 2.39. The summed E-state index contributed by atoms with van der Waals surface area (Å²) in [4.78, 5) is 14.8. The minimum atomic E-state index is -0.0786. The number of nitrogens with one attached hydrogen (secondary N) is 1. The first kappa shape index (κ1) is 16.6. The zero-order chi connectivity index (χ0) is 16.9. The Morgan fingerprint density at radius 3 is 2.50 bits per heavy atom. The minimum Gasteiger partial charge on any atom is -0.497 e. The maximum atomic E-state index is 12.4. The fraction of sp³-hybridized carbons (Fsp3) is 0.421. The fourth-order valence-electron chi connectivity index (χ4n) is 3.13. The lowest BCUT2D eigenvalue weighted by atomic mass is 10.1. The number of methoxy groups -OCH3 is 1. The van der Waals surface area contributed by atoms with Gasteiger partial charge in [-0.1, -0.05) is 0 Å². The van der Waals surface area contributed by atoms with E-state index in [1.165, 1.54) is 12.8 Å². The van der Waals surface area contributed by atoms with Crippen molar-refractivity contribution in [3.8, 4) is 5.75 Å². The number of amides is 1. The van der Waals surface area contributed by atoms with Crippen LogP contribution in [-0.4, -0.2) is 37.6 Å². The Balaban J connectivity index is 1.67. The number of ether oxygens (including phenoxy) is 1. The Morgan fingerprint density at radius 2 is 1.92 bits per heavy atom. The van der Waals surface area contributed by atoms with Crippen LogP contribution in [0.1, 0.15) is 40.8 Å². The zero-order valence-electron chi connectivity index (χ0n) is 14.2. The Morgan fingerprint density at radius 1 is 1.21 bits per heavy atom. The van der Waals surface area contributed by atoms with Crippen molar-refractivity contribution < 1.29 is 13.9 Å². The van der Waals surface area contributed by atoms with E-state index < -0.39 is 0 Å². The van der Waals surface area contributed by atoms with Gasteiger partial charge in [-0.2, -0.15) is 0 Å². The van der Waals surface area contributed by atoms with E-state index in [1.807, 2.05) is 19.1 Å². The van der Waals surface area contributed by atoms with Crippen LogP contribution in [0.4, 0.5) is 0 Å². The van der Waals surface area contributed by atoms with Crippen LogP contribution in [-0.2, 0) is 0 Å². The monoisotopic (exact) mass is 328 g/mol. The van der Waals surface area contributed by atoms with Crippen molar-refractivity contribution in [2.75, 3.05) is 26.7 Å². The highest BCUT2D eigenvalue weighted by Gasteiger charge is 2.26. The molecule has 1 N–H and O–H groups in total. The third-order valence-corrected chi connectivity index (χ3v) is 4.48. The molecule has 2 heterocycles. The van der Waals surface area contributed by atoms with Gasteiger partial charge in [0.05, 0.1) is 13.2 Å². The van der Waals surface area contributed by atoms with Crippen LogP contribution in [0.25, 0.3) is 0 Å². The molecule has 0 saturated carbocycles. The quantitative estimate of drug-likeness (QED) is 0.885. The molecule has 1 amide bonds. The smallest absolute Gasteiger partial charge is 0.251 e. The van der Waals surface area contributed by atoms with Crippen molar-refractivity contribution in [1.82, 2.24) is 10.2 Å². The molecule has 1 aliphatic heterocycles. The van der Waals surface area contributed by atoms with E-state index in [9.17, 15) is 4.79 Å². The van der Waals surface area contributed by atoms with Gasteiger partial charge in [-0.15, -0.1) is 0 Å². The van der Waals surface area contributed by atoms with Gasteiger partial charge in [0.15, 0.2) is 0 Å². The summed E-state index contributed by atoms with van der Waals surface area (Å²) in [6, 6.07) is 11.2. The zero-order valence-corrected chi connectivity index (χ0v) is 14.2. The summed E-state index contributed by atoms with van der Waals surface area (Å²) in [5, 5.41) is 3.04. The molecule has 1 saturated heterocycles. The summed E-state index contributed by atoms with van der Waals surface area (Å²) < 4.78 is 10.9. The van der Waals surface area contributed by atoms with E-state index >= 15 is 0 Å². The molecule has 5 heteroatoms. The van der Waals surface area contributed by atoms with Crippen LogP contribution in [0.5, 0.6) is 5.75 Å². The minimum absolute atomic E-state index is 0.0786. The van der Waals surface area contributed by atoms with E-state index in [2.05, 4.69) is 10.2 Å². The molecule has 3 rings (SSSR count). The van der Waals surface area contributed by atoms with E-state index in [4.69, 9.17) is 9.15 Å². The van der Waals surface area contributed by atoms with E-state index in [0.717, 1.165) is 30.4 Å². The first-order chi connectivity index (χ1) is 11.7. The predicted octanol–water partition coefficient (Wildman–Crippen LogP) is 3.16. The average molecular weight is 328 g/mol. The maximum Gasteiger partial charge on any atom is 0.251 e. The number of carbonyl (C=O) groups is 1. The summed E-state index contributed by atoms with van der Waals surface area (Å²) in [7, 11) is 1.61. The molecule has 1 aromatic heterocycles. The summed E-state index contributed by atoms with van der Waals surface area (Å²) in [5.41, 5.74) is 0.631. The molecule has 0 aliphatic carbocycles. The van der Waals surface area contributed by atoms with Crippen molar-refractivity contribution in [1.29, 1.82) is 0 Å². The van der Waals surface area contributed by atoms with Crippen LogP contribution < -0.4 is 10.1 Å². The van der Waals surface area contributed by atoms with Gasteiger partial charge in [-0.25, -0.2) is 0 Å². The van der Waals surface area contributed by atoms with E-state index in [0.29, 0.717) is 12.1 Å². The lowest BCUT2D eigenvalue weighted by Gasteiger charge is -2.26. The van der Waals surface area contributed by atoms with Crippen LogP contribution in [0.2, 0.25) is 0 Å². The molecule has 0 spiro atoms. The largest absolute Gasteiger partial charge is 0.497 e. The van der Waals surface area contributed by atoms with Crippen molar-refractivity contribution in [3.05, 3.63) is 53.5 Å². The molecule has 1 aromatic carbocycles. The van der Waals surface area contributed by atoms with Crippen molar-refractivity contribution in [3.63, 3.8) is 0 Å². The topological polar surface area (TPSA) is 54.7 Å². The molecule has 1 atom stereocenters. The number of carbonyl (C=O) groups excluding carboxylic acids is 1. The van der Waals surface area contributed by atoms with Crippen molar-refractivity contribution in [2.24, 2.45) is 0 Å². The second kappa shape index (κ2) is 7.53. The molecule has 0 radical (unpaired) electrons. The molecule has 24 heavy (non-hydrogen) atoms. The molecule has 2 aromatic rings. The van der Waals surface area contributed by atoms with Gasteiger partial charge in [0.1, 0.15) is 17.3 Å². The number of rotatable bonds is 6. The lowest BCUT2D eigenvalue weighted by molar-refractivity contribution is 0.0933. The van der Waals surface area contributed by atoms with Gasteiger partial charge in [0.25, 0.3) is 5.91 Å². The summed E-state index contributed by atoms with van der Waals surface area (Å²) in [6.45, 7) is 4.57. The first-order valence-electron chi connectivity index (χ1n) is 8.40. The SMILES string of the molecule is COc1ccc(C(=O)NC[C@@H](c2ccc(C)o2)N2CCCC2)cc1. The van der Waals surface area contributed by atoms with Gasteiger partial charge in [0, 0.05) is 12.1 Å². The summed E-state index contributed by atoms with van der Waals surface area (Å²) >= 11 is 0. The highest BCUT2D eigenvalue weighted by molar-refractivity contribution is 5.94. The number of hydrogen-bond donors (Lipinski definition) is 1. The number of benzene rings is 1. The number of likely N-dealkylation sites (tertiary alicyclic amines) is 1. The lowest BCUT2D eigenvalue weighted by Crippen LogP contribution is -2.36. The molecule has 0 bridgehead atoms. The number of nitrogens with zero attached hydrogens (tertiary/aromatic N) is 1. The highest BCUT2D eigenvalue weighted by Crippen LogP contribution is 2.26. The van der Waals surface area contributed by atoms with Crippen LogP contribution in [0.15, 0.2) is 40.8 Å². The van der Waals surface area contributed by atoms with Crippen molar-refractivity contribution >= 4 is 5.91 Å². The fourth-order valence-corrected chi connectivity index (χ4v) is 3.13. The standard InChI is InChI=1S/C19H24N2O3/c1-14-5-10-18(24-14)17(21-11-3-4-12-21)13-20-19(22)15-6-8-16(23-2)9-7-15/h5-10,17H,3-4,11-13H2,1-2H3,(H,20,22)/t17-/m0/s1. The number of furan rings is 1. The predicted molar refractivity (Wildman–Crippen MR) is 92.3 cm³/mol. The van der Waals surface area contributed by atoms with Gasteiger partial charge < -0.3 is 14.5 Å². The molecular formula is C19H24N2O3. The Labute approximate surface area is 142 Å². The molecular weight excluding hydrogens is 304 g/mol. The maximum absolute atomic E-state index is 12.4. The molecule has 128 valence electrons. The molecule has 1 fully saturated rings. The van der Waals surface area contributed by atoms with Crippen LogP contribution >= 0.6 is 0 Å². The van der Waals surface area contributed by atoms with Gasteiger partial charge in [0.2, 0.25) is 0 Å². The van der Waals surface area contributed by atoms with Gasteiger partial charge >= 0.3 is 0 Å². The molecule has 1 aliphatic rings. The Kier molecular flexibility index (Phi) is 5.20. The van der Waals surface area contributed by atoms with Crippen LogP contribution in [0.3, 0.4) is 0 Å². The highest BCUT2D eigenvalue weighted by atomic mass is 16.5. The molecule has 0 unspecified atom stereocenters. The molecule has 5 nitrogen and oxygen atoms in total. The van der Waals surface area contributed by atoms with Crippen molar-refractivity contribution in [2.45, 2.75) is 25.8 Å². The third-order valence-electron chi connectivity index (χ3n) is 4.48. The Hall–Kier alpha value is -2.27. The first-order valence-corrected chi connectivity index (χ1v) is 8.40. The van der Waals surface area contributed by atoms with Gasteiger partial charge in [-0.3, -0.25) is 9.69 Å². The average Bonchev–Trinajstić information content (AvgIpc) is 3.27. The van der Waals surface area contributed by atoms with E-state index in [1.54, 1.807) is 31.4 Å². The second-order valence-corrected chi connectivity index (χ2v) is 6.15. The van der Waals surface area contributed by atoms with Crippen LogP contribution in [0, 0.1) is 6.92 Å². The number of hydrogen-bond acceptors (Lipinski definition) is 4. The van der Waals surface area contributed by atoms with Gasteiger partial charge in [-0.05, 0) is 69.3 Å². The third kappa shape index (κ3) is 3.79. The second-order valence-electron chi connectivity index (χ2n) is 6.15. The summed E-state index contributed by atoms with van der Waals surface area (Å²) in [5.74, 6) is 2.48. The normalized spacial score (nSPS) is 16.1. The Bertz CT molecular complexity index is 672.